The number of hydrogen-bond acceptors (Lipinski definition) is 4. The van der Waals surface area contributed by atoms with Crippen LogP contribution in [0.15, 0.2) is 6.20 Å². The van der Waals surface area contributed by atoms with Crippen LogP contribution in [0.1, 0.15) is 38.5 Å². The topological polar surface area (TPSA) is 74.2 Å². The fourth-order valence-electron chi connectivity index (χ4n) is 1.51. The molecule has 0 fully saturated rings. The summed E-state index contributed by atoms with van der Waals surface area (Å²) in [4.78, 5) is 17.1. The zero-order chi connectivity index (χ0) is 13.6. The van der Waals surface area contributed by atoms with Crippen LogP contribution in [0.5, 0.6) is 0 Å². The van der Waals surface area contributed by atoms with Crippen molar-refractivity contribution in [3.8, 4) is 0 Å². The molecule has 3 N–H and O–H groups in total. The average molecular weight is 271 g/mol. The van der Waals surface area contributed by atoms with Crippen molar-refractivity contribution in [3.63, 3.8) is 0 Å². The third kappa shape index (κ3) is 4.27. The van der Waals surface area contributed by atoms with E-state index in [1.54, 1.807) is 6.20 Å². The molecule has 18 heavy (non-hydrogen) atoms. The van der Waals surface area contributed by atoms with E-state index >= 15 is 0 Å². The summed E-state index contributed by atoms with van der Waals surface area (Å²) in [5, 5.41) is 15.2. The quantitative estimate of drug-likeness (QED) is 0.743. The van der Waals surface area contributed by atoms with Gasteiger partial charge in [-0.2, -0.15) is 0 Å². The van der Waals surface area contributed by atoms with Gasteiger partial charge in [-0.3, -0.25) is 5.32 Å². The van der Waals surface area contributed by atoms with E-state index in [2.05, 4.69) is 15.6 Å². The summed E-state index contributed by atoms with van der Waals surface area (Å²) in [5.74, 6) is 0. The Balaban J connectivity index is 2.55. The van der Waals surface area contributed by atoms with Crippen LogP contribution < -0.4 is 10.6 Å². The molecule has 0 spiro atoms. The first-order chi connectivity index (χ1) is 8.53. The van der Waals surface area contributed by atoms with Crippen LogP contribution >= 0.6 is 11.3 Å². The number of urea groups is 1. The number of anilines is 1. The van der Waals surface area contributed by atoms with E-state index in [-0.39, 0.29) is 18.2 Å². The van der Waals surface area contributed by atoms with E-state index in [0.717, 1.165) is 17.7 Å². The number of nitrogens with one attached hydrogen (secondary N) is 2. The monoisotopic (exact) mass is 271 g/mol. The largest absolute Gasteiger partial charge is 0.396 e. The van der Waals surface area contributed by atoms with Crippen LogP contribution in [0.4, 0.5) is 9.93 Å². The Hall–Kier alpha value is -1.14. The smallest absolute Gasteiger partial charge is 0.321 e. The minimum Gasteiger partial charge on any atom is -0.396 e. The van der Waals surface area contributed by atoms with Gasteiger partial charge >= 0.3 is 6.03 Å². The zero-order valence-electron chi connectivity index (χ0n) is 11.1. The normalized spacial score (nSPS) is 14.0. The van der Waals surface area contributed by atoms with Gasteiger partial charge in [0.15, 0.2) is 5.13 Å². The van der Waals surface area contributed by atoms with Crippen molar-refractivity contribution < 1.29 is 9.90 Å². The number of hydrogen-bond donors (Lipinski definition) is 3. The molecule has 1 aromatic heterocycles. The van der Waals surface area contributed by atoms with E-state index in [9.17, 15) is 4.79 Å². The highest BCUT2D eigenvalue weighted by Crippen LogP contribution is 2.19. The molecule has 1 unspecified atom stereocenters. The molecule has 0 saturated heterocycles. The number of aliphatic hydroxyl groups excluding tert-OH is 1. The van der Waals surface area contributed by atoms with Gasteiger partial charge in [-0.1, -0.05) is 13.8 Å². The molecule has 1 rings (SSSR count). The molecule has 6 heteroatoms. The molecule has 0 aliphatic rings. The van der Waals surface area contributed by atoms with Gasteiger partial charge in [0.1, 0.15) is 0 Å². The lowest BCUT2D eigenvalue weighted by molar-refractivity contribution is 0.208. The van der Waals surface area contributed by atoms with Gasteiger partial charge in [-0.15, -0.1) is 11.3 Å². The van der Waals surface area contributed by atoms with Gasteiger partial charge in [0.25, 0.3) is 0 Å². The van der Waals surface area contributed by atoms with Crippen LogP contribution in [-0.4, -0.2) is 28.3 Å². The summed E-state index contributed by atoms with van der Waals surface area (Å²) in [6, 6.07) is -0.273. The Kier molecular flexibility index (Phi) is 5.55. The molecule has 0 aromatic carbocycles. The molecule has 0 radical (unpaired) electrons. The van der Waals surface area contributed by atoms with E-state index in [1.807, 2.05) is 20.8 Å². The molecule has 0 aliphatic heterocycles. The number of rotatable bonds is 6. The summed E-state index contributed by atoms with van der Waals surface area (Å²) in [5.41, 5.74) is -0.385. The van der Waals surface area contributed by atoms with Gasteiger partial charge < -0.3 is 10.4 Å². The van der Waals surface area contributed by atoms with Crippen molar-refractivity contribution in [2.24, 2.45) is 0 Å². The third-order valence-electron chi connectivity index (χ3n) is 2.98. The number of carbonyl (C=O) groups is 1. The molecule has 0 saturated carbocycles. The van der Waals surface area contributed by atoms with Crippen LogP contribution in [-0.2, 0) is 6.42 Å². The zero-order valence-corrected chi connectivity index (χ0v) is 11.9. The molecule has 0 aliphatic carbocycles. The van der Waals surface area contributed by atoms with Gasteiger partial charge in [0.05, 0.1) is 0 Å². The van der Waals surface area contributed by atoms with Crippen molar-refractivity contribution >= 4 is 22.5 Å². The Morgan fingerprint density at radius 2 is 2.28 bits per heavy atom. The third-order valence-corrected chi connectivity index (χ3v) is 4.04. The van der Waals surface area contributed by atoms with Crippen LogP contribution in [0.2, 0.25) is 0 Å². The summed E-state index contributed by atoms with van der Waals surface area (Å²) in [6.45, 7) is 6.01. The highest BCUT2D eigenvalue weighted by Gasteiger charge is 2.23. The molecular formula is C12H21N3O2S. The number of aryl methyl sites for hydroxylation is 1. The SMILES string of the molecule is CCc1cnc(NC(=O)NC(C)(CC)CCO)s1. The number of carbonyl (C=O) groups excluding carboxylic acids is 1. The number of amides is 2. The second-order valence-electron chi connectivity index (χ2n) is 4.45. The van der Waals surface area contributed by atoms with E-state index in [0.29, 0.717) is 11.6 Å². The van der Waals surface area contributed by atoms with Gasteiger partial charge in [0.2, 0.25) is 0 Å². The summed E-state index contributed by atoms with van der Waals surface area (Å²) in [7, 11) is 0. The minimum absolute atomic E-state index is 0.0574. The predicted molar refractivity (Wildman–Crippen MR) is 74.0 cm³/mol. The van der Waals surface area contributed by atoms with Crippen molar-refractivity contribution in [2.45, 2.75) is 45.6 Å². The molecule has 0 bridgehead atoms. The van der Waals surface area contributed by atoms with Gasteiger partial charge in [0, 0.05) is 23.2 Å². The van der Waals surface area contributed by atoms with Gasteiger partial charge in [-0.25, -0.2) is 9.78 Å². The first kappa shape index (κ1) is 14.9. The Bertz CT molecular complexity index is 394. The Morgan fingerprint density at radius 1 is 1.56 bits per heavy atom. The highest BCUT2D eigenvalue weighted by atomic mass is 32.1. The number of aromatic nitrogens is 1. The molecule has 102 valence electrons. The van der Waals surface area contributed by atoms with E-state index in [4.69, 9.17) is 5.11 Å². The van der Waals surface area contributed by atoms with Crippen LogP contribution in [0.3, 0.4) is 0 Å². The lowest BCUT2D eigenvalue weighted by atomic mass is 9.95. The van der Waals surface area contributed by atoms with Crippen LogP contribution in [0.25, 0.3) is 0 Å². The Morgan fingerprint density at radius 3 is 2.78 bits per heavy atom. The standard InChI is InChI=1S/C12H21N3O2S/c1-4-9-8-13-11(18-9)14-10(17)15-12(3,5-2)6-7-16/h8,16H,4-7H2,1-3H3,(H2,13,14,15,17). The summed E-state index contributed by atoms with van der Waals surface area (Å²) >= 11 is 1.48. The van der Waals surface area contributed by atoms with Crippen LogP contribution in [0, 0.1) is 0 Å². The second-order valence-corrected chi connectivity index (χ2v) is 5.57. The number of thiazole rings is 1. The molecular weight excluding hydrogens is 250 g/mol. The first-order valence-corrected chi connectivity index (χ1v) is 6.99. The molecule has 1 aromatic rings. The molecule has 1 heterocycles. The van der Waals surface area contributed by atoms with E-state index in [1.165, 1.54) is 11.3 Å². The number of nitrogens with zero attached hydrogens (tertiary/aromatic N) is 1. The average Bonchev–Trinajstić information content (AvgIpc) is 2.76. The van der Waals surface area contributed by atoms with Crippen molar-refractivity contribution in [1.29, 1.82) is 0 Å². The molecule has 2 amide bonds. The minimum atomic E-state index is -0.385. The lowest BCUT2D eigenvalue weighted by Crippen LogP contribution is -2.48. The highest BCUT2D eigenvalue weighted by molar-refractivity contribution is 7.15. The fourth-order valence-corrected chi connectivity index (χ4v) is 2.25. The molecule has 1 atom stereocenters. The maximum absolute atomic E-state index is 11.8. The maximum Gasteiger partial charge on any atom is 0.321 e. The van der Waals surface area contributed by atoms with Gasteiger partial charge in [-0.05, 0) is 26.2 Å². The van der Waals surface area contributed by atoms with E-state index < -0.39 is 0 Å². The second kappa shape index (κ2) is 6.70. The Labute approximate surface area is 112 Å². The summed E-state index contributed by atoms with van der Waals surface area (Å²) < 4.78 is 0. The predicted octanol–water partition coefficient (Wildman–Crippen LogP) is 2.38. The molecule has 5 nitrogen and oxygen atoms in total. The van der Waals surface area contributed by atoms with Crippen molar-refractivity contribution in [2.75, 3.05) is 11.9 Å². The first-order valence-electron chi connectivity index (χ1n) is 6.17. The summed E-state index contributed by atoms with van der Waals surface area (Å²) in [6.07, 6.45) is 3.99. The maximum atomic E-state index is 11.8. The number of aliphatic hydroxyl groups is 1. The lowest BCUT2D eigenvalue weighted by Gasteiger charge is -2.28. The van der Waals surface area contributed by atoms with Crippen molar-refractivity contribution in [1.82, 2.24) is 10.3 Å². The fraction of sp³-hybridized carbons (Fsp3) is 0.667. The van der Waals surface area contributed by atoms with Crippen molar-refractivity contribution in [3.05, 3.63) is 11.1 Å².